The highest BCUT2D eigenvalue weighted by Crippen LogP contribution is 2.42. The Balaban J connectivity index is 1.50. The Hall–Kier alpha value is -4.07. The lowest BCUT2D eigenvalue weighted by atomic mass is 9.95. The minimum Gasteiger partial charge on any atom is -0.358 e. The SMILES string of the molecule is Cc1[nH]c2ccccc2c1C1c2ccccc2C(=O)N1CC(=O)Nc1cccc(C(F)(F)F)c1. The van der Waals surface area contributed by atoms with Crippen LogP contribution in [-0.4, -0.2) is 28.2 Å². The number of anilines is 1. The fourth-order valence-corrected chi connectivity index (χ4v) is 4.62. The van der Waals surface area contributed by atoms with Crippen LogP contribution >= 0.6 is 0 Å². The molecule has 2 amide bonds. The van der Waals surface area contributed by atoms with Crippen LogP contribution in [0.15, 0.2) is 72.8 Å². The van der Waals surface area contributed by atoms with E-state index in [0.29, 0.717) is 5.56 Å². The monoisotopic (exact) mass is 463 g/mol. The van der Waals surface area contributed by atoms with Crippen molar-refractivity contribution in [2.75, 3.05) is 11.9 Å². The van der Waals surface area contributed by atoms with E-state index in [-0.39, 0.29) is 18.1 Å². The predicted molar refractivity (Wildman–Crippen MR) is 122 cm³/mol. The Morgan fingerprint density at radius 3 is 2.56 bits per heavy atom. The number of hydrogen-bond donors (Lipinski definition) is 2. The summed E-state index contributed by atoms with van der Waals surface area (Å²) in [7, 11) is 0. The molecule has 0 bridgehead atoms. The number of alkyl halides is 3. The van der Waals surface area contributed by atoms with E-state index in [9.17, 15) is 22.8 Å². The number of benzene rings is 3. The second-order valence-corrected chi connectivity index (χ2v) is 8.26. The fourth-order valence-electron chi connectivity index (χ4n) is 4.62. The van der Waals surface area contributed by atoms with Crippen molar-refractivity contribution in [2.24, 2.45) is 0 Å². The number of aryl methyl sites for hydroxylation is 1. The number of halogens is 3. The number of fused-ring (bicyclic) bond motifs is 2. The molecule has 3 aromatic carbocycles. The molecule has 1 aromatic heterocycles. The molecule has 34 heavy (non-hydrogen) atoms. The number of hydrogen-bond acceptors (Lipinski definition) is 2. The van der Waals surface area contributed by atoms with E-state index in [1.807, 2.05) is 43.3 Å². The molecule has 0 saturated heterocycles. The summed E-state index contributed by atoms with van der Waals surface area (Å²) in [4.78, 5) is 31.0. The molecule has 0 saturated carbocycles. The van der Waals surface area contributed by atoms with Crippen LogP contribution in [0.25, 0.3) is 10.9 Å². The number of carbonyl (C=O) groups excluding carboxylic acids is 2. The maximum Gasteiger partial charge on any atom is 0.416 e. The summed E-state index contributed by atoms with van der Waals surface area (Å²) in [6.07, 6.45) is -4.52. The number of nitrogens with one attached hydrogen (secondary N) is 2. The van der Waals surface area contributed by atoms with Gasteiger partial charge < -0.3 is 15.2 Å². The van der Waals surface area contributed by atoms with Crippen LogP contribution in [0.5, 0.6) is 0 Å². The van der Waals surface area contributed by atoms with Crippen LogP contribution in [0.1, 0.15) is 38.8 Å². The first-order valence-electron chi connectivity index (χ1n) is 10.7. The second-order valence-electron chi connectivity index (χ2n) is 8.26. The number of rotatable bonds is 4. The molecule has 1 atom stereocenters. The zero-order chi connectivity index (χ0) is 24.0. The van der Waals surface area contributed by atoms with Gasteiger partial charge in [-0.3, -0.25) is 9.59 Å². The molecule has 1 aliphatic rings. The van der Waals surface area contributed by atoms with E-state index < -0.39 is 23.7 Å². The quantitative estimate of drug-likeness (QED) is 0.409. The standard InChI is InChI=1S/C26H20F3N3O2/c1-15-23(20-11-4-5-12-21(20)30-15)24-18-9-2-3-10-19(18)25(34)32(24)14-22(33)31-17-8-6-7-16(13-17)26(27,28)29/h2-13,24,30H,14H2,1H3,(H,31,33). The van der Waals surface area contributed by atoms with Crippen LogP contribution < -0.4 is 5.32 Å². The lowest BCUT2D eigenvalue weighted by molar-refractivity contribution is -0.137. The van der Waals surface area contributed by atoms with Gasteiger partial charge in [0.15, 0.2) is 0 Å². The maximum atomic E-state index is 13.3. The molecule has 1 aliphatic heterocycles. The molecule has 1 unspecified atom stereocenters. The molecular weight excluding hydrogens is 443 g/mol. The van der Waals surface area contributed by atoms with Gasteiger partial charge in [0, 0.05) is 33.4 Å². The summed E-state index contributed by atoms with van der Waals surface area (Å²) in [5.41, 5.74) is 3.13. The number of nitrogens with zero attached hydrogens (tertiary/aromatic N) is 1. The Morgan fingerprint density at radius 1 is 1.03 bits per heavy atom. The minimum atomic E-state index is -4.52. The summed E-state index contributed by atoms with van der Waals surface area (Å²) < 4.78 is 39.1. The first-order chi connectivity index (χ1) is 16.2. The predicted octanol–water partition coefficient (Wildman–Crippen LogP) is 5.68. The summed E-state index contributed by atoms with van der Waals surface area (Å²) in [6.45, 7) is 1.61. The Labute approximate surface area is 193 Å². The van der Waals surface area contributed by atoms with Crippen LogP contribution in [0.3, 0.4) is 0 Å². The van der Waals surface area contributed by atoms with E-state index >= 15 is 0 Å². The van der Waals surface area contributed by atoms with Gasteiger partial charge in [-0.2, -0.15) is 13.2 Å². The number of para-hydroxylation sites is 1. The molecule has 0 aliphatic carbocycles. The topological polar surface area (TPSA) is 65.2 Å². The van der Waals surface area contributed by atoms with Crippen LogP contribution in [-0.2, 0) is 11.0 Å². The van der Waals surface area contributed by atoms with Crippen molar-refractivity contribution in [3.63, 3.8) is 0 Å². The third kappa shape index (κ3) is 3.71. The maximum absolute atomic E-state index is 13.3. The molecule has 0 fully saturated rings. The summed E-state index contributed by atoms with van der Waals surface area (Å²) in [5.74, 6) is -0.882. The molecule has 0 radical (unpaired) electrons. The molecule has 0 spiro atoms. The number of H-pyrrole nitrogens is 1. The average molecular weight is 463 g/mol. The molecule has 4 aromatic rings. The van der Waals surface area contributed by atoms with Gasteiger partial charge in [-0.15, -0.1) is 0 Å². The zero-order valence-corrected chi connectivity index (χ0v) is 18.1. The lowest BCUT2D eigenvalue weighted by Crippen LogP contribution is -2.36. The third-order valence-electron chi connectivity index (χ3n) is 6.06. The van der Waals surface area contributed by atoms with E-state index in [4.69, 9.17) is 0 Å². The highest BCUT2D eigenvalue weighted by atomic mass is 19.4. The first kappa shape index (κ1) is 21.8. The van der Waals surface area contributed by atoms with Gasteiger partial charge in [0.2, 0.25) is 5.91 Å². The summed E-state index contributed by atoms with van der Waals surface area (Å²) in [5, 5.41) is 3.45. The van der Waals surface area contributed by atoms with Crippen LogP contribution in [0.4, 0.5) is 18.9 Å². The molecule has 2 heterocycles. The van der Waals surface area contributed by atoms with E-state index in [0.717, 1.165) is 39.9 Å². The molecular formula is C26H20F3N3O2. The zero-order valence-electron chi connectivity index (χ0n) is 18.1. The van der Waals surface area contributed by atoms with Gasteiger partial charge in [-0.05, 0) is 42.8 Å². The highest BCUT2D eigenvalue weighted by Gasteiger charge is 2.40. The molecule has 8 heteroatoms. The molecule has 5 nitrogen and oxygen atoms in total. The summed E-state index contributed by atoms with van der Waals surface area (Å²) >= 11 is 0. The van der Waals surface area contributed by atoms with Gasteiger partial charge in [-0.1, -0.05) is 42.5 Å². The lowest BCUT2D eigenvalue weighted by Gasteiger charge is -2.26. The Kier molecular flexibility index (Phi) is 5.16. The Morgan fingerprint density at radius 2 is 1.76 bits per heavy atom. The first-order valence-corrected chi connectivity index (χ1v) is 10.7. The van der Waals surface area contributed by atoms with Crippen molar-refractivity contribution >= 4 is 28.4 Å². The van der Waals surface area contributed by atoms with Crippen molar-refractivity contribution in [1.29, 1.82) is 0 Å². The Bertz CT molecular complexity index is 1420. The van der Waals surface area contributed by atoms with Gasteiger partial charge in [0.05, 0.1) is 11.6 Å². The molecule has 5 rings (SSSR count). The smallest absolute Gasteiger partial charge is 0.358 e. The number of amides is 2. The van der Waals surface area contributed by atoms with E-state index in [1.165, 1.54) is 17.0 Å². The number of aromatic nitrogens is 1. The van der Waals surface area contributed by atoms with Crippen molar-refractivity contribution in [1.82, 2.24) is 9.88 Å². The average Bonchev–Trinajstić information content (AvgIpc) is 3.26. The van der Waals surface area contributed by atoms with E-state index in [2.05, 4.69) is 10.3 Å². The van der Waals surface area contributed by atoms with Crippen molar-refractivity contribution in [3.8, 4) is 0 Å². The number of aromatic amines is 1. The van der Waals surface area contributed by atoms with Crippen LogP contribution in [0, 0.1) is 6.92 Å². The second kappa shape index (κ2) is 8.06. The largest absolute Gasteiger partial charge is 0.416 e. The van der Waals surface area contributed by atoms with Crippen molar-refractivity contribution in [3.05, 3.63) is 101 Å². The van der Waals surface area contributed by atoms with Crippen molar-refractivity contribution < 1.29 is 22.8 Å². The van der Waals surface area contributed by atoms with Gasteiger partial charge in [0.25, 0.3) is 5.91 Å². The number of carbonyl (C=O) groups is 2. The van der Waals surface area contributed by atoms with Gasteiger partial charge in [-0.25, -0.2) is 0 Å². The van der Waals surface area contributed by atoms with Gasteiger partial charge >= 0.3 is 6.18 Å². The minimum absolute atomic E-state index is 0.0174. The van der Waals surface area contributed by atoms with E-state index in [1.54, 1.807) is 12.1 Å². The summed E-state index contributed by atoms with van der Waals surface area (Å²) in [6, 6.07) is 18.8. The van der Waals surface area contributed by atoms with Crippen LogP contribution in [0.2, 0.25) is 0 Å². The normalized spacial score (nSPS) is 15.6. The fraction of sp³-hybridized carbons (Fsp3) is 0.154. The molecule has 172 valence electrons. The highest BCUT2D eigenvalue weighted by molar-refractivity contribution is 6.04. The molecule has 2 N–H and O–H groups in total. The van der Waals surface area contributed by atoms with Crippen molar-refractivity contribution in [2.45, 2.75) is 19.1 Å². The van der Waals surface area contributed by atoms with Gasteiger partial charge in [0.1, 0.15) is 6.54 Å². The third-order valence-corrected chi connectivity index (χ3v) is 6.06.